The molecule has 1 saturated carbocycles. The molecule has 3 aromatic heterocycles. The fourth-order valence-electron chi connectivity index (χ4n) is 4.27. The van der Waals surface area contributed by atoms with Crippen molar-refractivity contribution in [1.82, 2.24) is 29.7 Å². The second-order valence-electron chi connectivity index (χ2n) is 8.66. The van der Waals surface area contributed by atoms with E-state index in [9.17, 15) is 9.18 Å². The summed E-state index contributed by atoms with van der Waals surface area (Å²) >= 11 is 0. The number of aromatic amines is 1. The van der Waals surface area contributed by atoms with E-state index in [1.54, 1.807) is 34.4 Å². The third-order valence-corrected chi connectivity index (χ3v) is 6.55. The van der Waals surface area contributed by atoms with Crippen molar-refractivity contribution in [2.45, 2.75) is 58.2 Å². The fourth-order valence-corrected chi connectivity index (χ4v) is 4.27. The number of imidazole rings is 1. The molecule has 8 nitrogen and oxygen atoms in total. The third-order valence-electron chi connectivity index (χ3n) is 6.55. The molecule has 4 rings (SSSR count). The summed E-state index contributed by atoms with van der Waals surface area (Å²) in [6, 6.07) is 1.18. The first-order chi connectivity index (χ1) is 14.9. The highest BCUT2D eigenvalue weighted by molar-refractivity contribution is 5.57. The molecule has 0 bridgehead atoms. The zero-order valence-corrected chi connectivity index (χ0v) is 18.1. The lowest BCUT2D eigenvalue weighted by Crippen LogP contribution is -2.42. The van der Waals surface area contributed by atoms with Gasteiger partial charge in [0.05, 0.1) is 17.8 Å². The van der Waals surface area contributed by atoms with E-state index in [4.69, 9.17) is 0 Å². The Hall–Kier alpha value is -3.10. The van der Waals surface area contributed by atoms with E-state index < -0.39 is 6.17 Å². The molecular weight excluding hydrogens is 397 g/mol. The second-order valence-corrected chi connectivity index (χ2v) is 8.66. The van der Waals surface area contributed by atoms with Crippen LogP contribution in [-0.4, -0.2) is 49.0 Å². The zero-order chi connectivity index (χ0) is 22.0. The smallest absolute Gasteiger partial charge is 0.245 e. The molecule has 0 aliphatic heterocycles. The standard InChI is InChI=1S/C22H28FN7O/c1-4-22(2)7-5-6-16(23)18(11-22)29(3)21-26-13-17(27-28-21)15-12-25-20(10-19(15)31)30-9-8-24-14-30/h8-10,12-14,16,18H,4-7,11H2,1-3H3,(H,25,31)/t16-,18-,22-/m1/s1. The van der Waals surface area contributed by atoms with Crippen molar-refractivity contribution in [1.29, 1.82) is 0 Å². The number of anilines is 1. The van der Waals surface area contributed by atoms with Crippen LogP contribution in [0.4, 0.5) is 10.3 Å². The number of alkyl halides is 1. The summed E-state index contributed by atoms with van der Waals surface area (Å²) < 4.78 is 16.6. The van der Waals surface area contributed by atoms with Gasteiger partial charge in [0, 0.05) is 31.7 Å². The summed E-state index contributed by atoms with van der Waals surface area (Å²) in [6.07, 6.45) is 11.4. The number of nitrogens with one attached hydrogen (secondary N) is 1. The molecule has 31 heavy (non-hydrogen) atoms. The highest BCUT2D eigenvalue weighted by Gasteiger charge is 2.37. The first-order valence-corrected chi connectivity index (χ1v) is 10.7. The molecule has 0 amide bonds. The SMILES string of the molecule is CC[C@]1(C)CCC[C@@H](F)[C@H](N(C)c2ncc(-c3c[nH]c(-n4ccnc4)cc3=O)nn2)C1. The van der Waals surface area contributed by atoms with Crippen LogP contribution in [0.25, 0.3) is 17.1 Å². The zero-order valence-electron chi connectivity index (χ0n) is 18.1. The molecule has 3 aromatic rings. The van der Waals surface area contributed by atoms with Crippen LogP contribution in [0.15, 0.2) is 42.0 Å². The van der Waals surface area contributed by atoms with E-state index in [-0.39, 0.29) is 16.9 Å². The molecule has 1 fully saturated rings. The molecule has 3 heterocycles. The molecule has 1 N–H and O–H groups in total. The van der Waals surface area contributed by atoms with Crippen LogP contribution < -0.4 is 10.3 Å². The number of H-pyrrole nitrogens is 1. The largest absolute Gasteiger partial charge is 0.347 e. The maximum atomic E-state index is 14.9. The first kappa shape index (κ1) is 21.1. The number of hydrogen-bond acceptors (Lipinski definition) is 6. The van der Waals surface area contributed by atoms with E-state index in [2.05, 4.69) is 39.0 Å². The van der Waals surface area contributed by atoms with E-state index in [0.717, 1.165) is 25.7 Å². The van der Waals surface area contributed by atoms with Gasteiger partial charge in [0.15, 0.2) is 5.43 Å². The topological polar surface area (TPSA) is 92.6 Å². The molecular formula is C22H28FN7O. The summed E-state index contributed by atoms with van der Waals surface area (Å²) in [5.41, 5.74) is 0.643. The number of pyridine rings is 1. The maximum absolute atomic E-state index is 14.9. The average molecular weight is 426 g/mol. The highest BCUT2D eigenvalue weighted by atomic mass is 19.1. The summed E-state index contributed by atoms with van der Waals surface area (Å²) in [5, 5.41) is 8.42. The van der Waals surface area contributed by atoms with Crippen LogP contribution in [-0.2, 0) is 0 Å². The Morgan fingerprint density at radius 2 is 2.23 bits per heavy atom. The Labute approximate surface area is 180 Å². The first-order valence-electron chi connectivity index (χ1n) is 10.7. The minimum absolute atomic E-state index is 0.109. The third kappa shape index (κ3) is 4.35. The van der Waals surface area contributed by atoms with Crippen LogP contribution in [0.1, 0.15) is 46.0 Å². The number of hydrogen-bond donors (Lipinski definition) is 1. The van der Waals surface area contributed by atoms with Gasteiger partial charge < -0.3 is 9.88 Å². The predicted molar refractivity (Wildman–Crippen MR) is 117 cm³/mol. The molecule has 1 aliphatic carbocycles. The normalized spacial score (nSPS) is 24.0. The molecule has 1 aliphatic rings. The quantitative estimate of drug-likeness (QED) is 0.629. The molecule has 0 unspecified atom stereocenters. The number of rotatable bonds is 5. The van der Waals surface area contributed by atoms with Gasteiger partial charge in [-0.2, -0.15) is 0 Å². The van der Waals surface area contributed by atoms with Gasteiger partial charge in [-0.05, 0) is 31.1 Å². The van der Waals surface area contributed by atoms with Crippen molar-refractivity contribution >= 4 is 5.95 Å². The van der Waals surface area contributed by atoms with Gasteiger partial charge in [-0.3, -0.25) is 9.36 Å². The van der Waals surface area contributed by atoms with Gasteiger partial charge in [-0.1, -0.05) is 20.3 Å². The summed E-state index contributed by atoms with van der Waals surface area (Å²) in [6.45, 7) is 4.39. The van der Waals surface area contributed by atoms with Crippen LogP contribution in [0.3, 0.4) is 0 Å². The van der Waals surface area contributed by atoms with Crippen molar-refractivity contribution in [2.75, 3.05) is 11.9 Å². The number of nitrogens with zero attached hydrogens (tertiary/aromatic N) is 6. The van der Waals surface area contributed by atoms with Crippen LogP contribution >= 0.6 is 0 Å². The fraction of sp³-hybridized carbons (Fsp3) is 0.500. The molecule has 3 atom stereocenters. The summed E-state index contributed by atoms with van der Waals surface area (Å²) in [4.78, 5) is 25.8. The van der Waals surface area contributed by atoms with E-state index in [0.29, 0.717) is 29.4 Å². The molecule has 0 aromatic carbocycles. The van der Waals surface area contributed by atoms with E-state index in [1.165, 1.54) is 12.3 Å². The van der Waals surface area contributed by atoms with Gasteiger partial charge in [0.1, 0.15) is 24.0 Å². The van der Waals surface area contributed by atoms with E-state index >= 15 is 0 Å². The Morgan fingerprint density at radius 3 is 2.87 bits per heavy atom. The molecule has 0 spiro atoms. The predicted octanol–water partition coefficient (Wildman–Crippen LogP) is 3.55. The molecule has 164 valence electrons. The van der Waals surface area contributed by atoms with E-state index in [1.807, 2.05) is 7.05 Å². The van der Waals surface area contributed by atoms with Crippen LogP contribution in [0, 0.1) is 5.41 Å². The van der Waals surface area contributed by atoms with Crippen molar-refractivity contribution in [2.24, 2.45) is 5.41 Å². The van der Waals surface area contributed by atoms with Crippen molar-refractivity contribution < 1.29 is 4.39 Å². The Morgan fingerprint density at radius 1 is 1.39 bits per heavy atom. The second kappa shape index (κ2) is 8.56. The van der Waals surface area contributed by atoms with Gasteiger partial charge in [0.2, 0.25) is 5.95 Å². The summed E-state index contributed by atoms with van der Waals surface area (Å²) in [7, 11) is 1.82. The maximum Gasteiger partial charge on any atom is 0.245 e. The minimum Gasteiger partial charge on any atom is -0.347 e. The minimum atomic E-state index is -0.930. The average Bonchev–Trinajstić information content (AvgIpc) is 3.27. The molecule has 0 saturated heterocycles. The molecule has 9 heteroatoms. The lowest BCUT2D eigenvalue weighted by atomic mass is 9.79. The van der Waals surface area contributed by atoms with Gasteiger partial charge in [-0.25, -0.2) is 14.4 Å². The number of halogens is 1. The lowest BCUT2D eigenvalue weighted by Gasteiger charge is -2.35. The highest BCUT2D eigenvalue weighted by Crippen LogP contribution is 2.40. The Balaban J connectivity index is 1.56. The Bertz CT molecular complexity index is 1070. The van der Waals surface area contributed by atoms with Gasteiger partial charge in [-0.15, -0.1) is 10.2 Å². The van der Waals surface area contributed by atoms with Gasteiger partial charge in [0.25, 0.3) is 0 Å². The monoisotopic (exact) mass is 425 g/mol. The summed E-state index contributed by atoms with van der Waals surface area (Å²) in [5.74, 6) is 0.966. The number of aromatic nitrogens is 6. The van der Waals surface area contributed by atoms with Gasteiger partial charge >= 0.3 is 0 Å². The molecule has 0 radical (unpaired) electrons. The van der Waals surface area contributed by atoms with Crippen molar-refractivity contribution in [3.63, 3.8) is 0 Å². The van der Waals surface area contributed by atoms with Crippen molar-refractivity contribution in [3.8, 4) is 17.1 Å². The lowest BCUT2D eigenvalue weighted by molar-refractivity contribution is 0.213. The van der Waals surface area contributed by atoms with Crippen LogP contribution in [0.5, 0.6) is 0 Å². The Kier molecular flexibility index (Phi) is 5.84. The van der Waals surface area contributed by atoms with Crippen molar-refractivity contribution in [3.05, 3.63) is 47.4 Å². The van der Waals surface area contributed by atoms with Crippen LogP contribution in [0.2, 0.25) is 0 Å².